The third-order valence-corrected chi connectivity index (χ3v) is 5.00. The summed E-state index contributed by atoms with van der Waals surface area (Å²) in [6, 6.07) is -4.84. The third-order valence-electron chi connectivity index (χ3n) is 5.00. The summed E-state index contributed by atoms with van der Waals surface area (Å²) in [5.41, 5.74) is 16.3. The lowest BCUT2D eigenvalue weighted by Crippen LogP contribution is -2.59. The van der Waals surface area contributed by atoms with E-state index in [1.807, 2.05) is 0 Å². The molecule has 0 saturated heterocycles. The van der Waals surface area contributed by atoms with Crippen LogP contribution in [0.2, 0.25) is 0 Å². The van der Waals surface area contributed by atoms with Crippen molar-refractivity contribution in [1.29, 1.82) is 0 Å². The van der Waals surface area contributed by atoms with E-state index in [1.54, 1.807) is 13.8 Å². The van der Waals surface area contributed by atoms with Crippen LogP contribution in [0.25, 0.3) is 0 Å². The highest BCUT2D eigenvalue weighted by Crippen LogP contribution is 2.08. The molecule has 0 saturated carbocycles. The van der Waals surface area contributed by atoms with Crippen LogP contribution in [-0.2, 0) is 24.0 Å². The lowest BCUT2D eigenvalue weighted by molar-refractivity contribution is -0.143. The molecule has 0 aromatic carbocycles. The second-order valence-electron chi connectivity index (χ2n) is 8.71. The number of nitrogens with one attached hydrogen (secondary N) is 3. The van der Waals surface area contributed by atoms with Gasteiger partial charge in [-0.2, -0.15) is 0 Å². The van der Waals surface area contributed by atoms with Gasteiger partial charge in [-0.1, -0.05) is 13.8 Å². The number of aliphatic hydroxyl groups is 1. The van der Waals surface area contributed by atoms with E-state index >= 15 is 0 Å². The molecule has 0 aromatic rings. The molecule has 34 heavy (non-hydrogen) atoms. The first-order valence-electron chi connectivity index (χ1n) is 11.4. The van der Waals surface area contributed by atoms with Crippen molar-refractivity contribution in [3.63, 3.8) is 0 Å². The molecule has 0 aromatic heterocycles. The first-order valence-corrected chi connectivity index (χ1v) is 11.4. The second-order valence-corrected chi connectivity index (χ2v) is 8.71. The van der Waals surface area contributed by atoms with Crippen molar-refractivity contribution < 1.29 is 34.2 Å². The number of hydrogen-bond acceptors (Lipinski definition) is 8. The van der Waals surface area contributed by atoms with Gasteiger partial charge in [0.1, 0.15) is 18.1 Å². The van der Waals surface area contributed by atoms with Gasteiger partial charge >= 0.3 is 5.97 Å². The molecule has 0 aliphatic heterocycles. The molecule has 5 unspecified atom stereocenters. The largest absolute Gasteiger partial charge is 0.480 e. The lowest BCUT2D eigenvalue weighted by Gasteiger charge is -2.27. The van der Waals surface area contributed by atoms with E-state index in [9.17, 15) is 34.2 Å². The summed E-state index contributed by atoms with van der Waals surface area (Å²) < 4.78 is 0. The molecule has 0 rings (SSSR count). The van der Waals surface area contributed by atoms with Crippen molar-refractivity contribution in [2.75, 3.05) is 6.54 Å². The van der Waals surface area contributed by atoms with Crippen LogP contribution in [0.3, 0.4) is 0 Å². The maximum atomic E-state index is 12.9. The molecular formula is C21H40N6O7. The Morgan fingerprint density at radius 3 is 1.91 bits per heavy atom. The Morgan fingerprint density at radius 1 is 0.853 bits per heavy atom. The number of carboxylic acid groups (broad SMARTS) is 1. The molecule has 5 atom stereocenters. The summed E-state index contributed by atoms with van der Waals surface area (Å²) in [6.45, 7) is 5.22. The number of hydrogen-bond donors (Lipinski definition) is 8. The zero-order valence-corrected chi connectivity index (χ0v) is 20.1. The van der Waals surface area contributed by atoms with Gasteiger partial charge in [0.25, 0.3) is 0 Å². The highest BCUT2D eigenvalue weighted by Gasteiger charge is 2.32. The van der Waals surface area contributed by atoms with Crippen LogP contribution in [0.15, 0.2) is 0 Å². The Kier molecular flexibility index (Phi) is 14.7. The minimum atomic E-state index is -1.46. The maximum Gasteiger partial charge on any atom is 0.326 e. The van der Waals surface area contributed by atoms with Gasteiger partial charge in [0.15, 0.2) is 0 Å². The highest BCUT2D eigenvalue weighted by atomic mass is 16.4. The van der Waals surface area contributed by atoms with Crippen LogP contribution in [0.5, 0.6) is 0 Å². The number of rotatable bonds is 17. The Labute approximate surface area is 199 Å². The van der Waals surface area contributed by atoms with Crippen LogP contribution in [-0.4, -0.2) is 76.6 Å². The van der Waals surface area contributed by atoms with Crippen LogP contribution < -0.4 is 33.2 Å². The van der Waals surface area contributed by atoms with Gasteiger partial charge < -0.3 is 43.4 Å². The van der Waals surface area contributed by atoms with Gasteiger partial charge in [0.2, 0.25) is 23.6 Å². The smallest absolute Gasteiger partial charge is 0.326 e. The molecule has 0 bridgehead atoms. The van der Waals surface area contributed by atoms with Crippen LogP contribution in [0.4, 0.5) is 0 Å². The minimum absolute atomic E-state index is 0.0105. The number of amides is 4. The SMILES string of the molecule is CC(C)CC(NC(=O)C(NC(=O)C(CCCCN)NC(=O)C(N)CCC(N)=O)C(C)O)C(=O)O. The standard InChI is InChI=1S/C21H40N6O7/c1-11(2)10-15(21(33)34)26-20(32)17(12(3)28)27-19(31)14(6-4-5-9-22)25-18(30)13(23)7-8-16(24)29/h11-15,17,28H,4-10,22-23H2,1-3H3,(H2,24,29)(H,25,30)(H,26,32)(H,27,31)(H,33,34). The molecule has 13 nitrogen and oxygen atoms in total. The number of nitrogens with two attached hydrogens (primary N) is 3. The summed E-state index contributed by atoms with van der Waals surface area (Å²) in [5, 5.41) is 26.6. The fourth-order valence-electron chi connectivity index (χ4n) is 3.08. The second kappa shape index (κ2) is 16.0. The quantitative estimate of drug-likeness (QED) is 0.102. The molecule has 4 amide bonds. The molecule has 11 N–H and O–H groups in total. The number of primary amides is 1. The third kappa shape index (κ3) is 12.5. The molecule has 0 radical (unpaired) electrons. The van der Waals surface area contributed by atoms with E-state index in [4.69, 9.17) is 17.2 Å². The number of aliphatic carboxylic acids is 1. The Morgan fingerprint density at radius 2 is 1.44 bits per heavy atom. The summed E-state index contributed by atoms with van der Waals surface area (Å²) in [7, 11) is 0. The highest BCUT2D eigenvalue weighted by molar-refractivity contribution is 5.94. The predicted octanol–water partition coefficient (Wildman–Crippen LogP) is -2.33. The molecule has 196 valence electrons. The summed E-state index contributed by atoms with van der Waals surface area (Å²) in [4.78, 5) is 60.3. The molecular weight excluding hydrogens is 448 g/mol. The van der Waals surface area contributed by atoms with E-state index in [-0.39, 0.29) is 31.6 Å². The van der Waals surface area contributed by atoms with Crippen LogP contribution >= 0.6 is 0 Å². The van der Waals surface area contributed by atoms with E-state index in [2.05, 4.69) is 16.0 Å². The number of carbonyl (C=O) groups is 5. The zero-order chi connectivity index (χ0) is 26.4. The average Bonchev–Trinajstić information content (AvgIpc) is 2.73. The van der Waals surface area contributed by atoms with Gasteiger partial charge in [-0.15, -0.1) is 0 Å². The number of aliphatic hydroxyl groups excluding tert-OH is 1. The fourth-order valence-corrected chi connectivity index (χ4v) is 3.08. The Balaban J connectivity index is 5.41. The first-order chi connectivity index (χ1) is 15.8. The van der Waals surface area contributed by atoms with Crippen molar-refractivity contribution in [3.8, 4) is 0 Å². The topological polar surface area (TPSA) is 240 Å². The van der Waals surface area contributed by atoms with Gasteiger partial charge in [0.05, 0.1) is 12.1 Å². The zero-order valence-electron chi connectivity index (χ0n) is 20.1. The summed E-state index contributed by atoms with van der Waals surface area (Å²) in [5.74, 6) is -4.21. The van der Waals surface area contributed by atoms with Gasteiger partial charge in [-0.3, -0.25) is 19.2 Å². The number of carboxylic acids is 1. The normalized spacial score (nSPS) is 15.5. The van der Waals surface area contributed by atoms with E-state index in [1.165, 1.54) is 6.92 Å². The van der Waals surface area contributed by atoms with Crippen molar-refractivity contribution in [3.05, 3.63) is 0 Å². The number of unbranched alkanes of at least 4 members (excludes halogenated alkanes) is 1. The lowest BCUT2D eigenvalue weighted by atomic mass is 10.0. The average molecular weight is 489 g/mol. The molecule has 0 aliphatic rings. The Hall–Kier alpha value is -2.77. The predicted molar refractivity (Wildman–Crippen MR) is 124 cm³/mol. The Bertz CT molecular complexity index is 701. The van der Waals surface area contributed by atoms with E-state index in [0.29, 0.717) is 19.4 Å². The first kappa shape index (κ1) is 31.2. The molecule has 0 spiro atoms. The summed E-state index contributed by atoms with van der Waals surface area (Å²) >= 11 is 0. The van der Waals surface area contributed by atoms with Crippen molar-refractivity contribution in [2.24, 2.45) is 23.1 Å². The van der Waals surface area contributed by atoms with Gasteiger partial charge in [-0.25, -0.2) is 4.79 Å². The molecule has 0 fully saturated rings. The van der Waals surface area contributed by atoms with Crippen LogP contribution in [0.1, 0.15) is 59.3 Å². The maximum absolute atomic E-state index is 12.9. The fraction of sp³-hybridized carbons (Fsp3) is 0.762. The van der Waals surface area contributed by atoms with Crippen molar-refractivity contribution in [2.45, 2.75) is 89.6 Å². The molecule has 0 aliphatic carbocycles. The number of carbonyl (C=O) groups excluding carboxylic acids is 4. The van der Waals surface area contributed by atoms with Crippen molar-refractivity contribution in [1.82, 2.24) is 16.0 Å². The minimum Gasteiger partial charge on any atom is -0.480 e. The van der Waals surface area contributed by atoms with E-state index in [0.717, 1.165) is 0 Å². The molecule has 13 heteroatoms. The van der Waals surface area contributed by atoms with Gasteiger partial charge in [0, 0.05) is 6.42 Å². The van der Waals surface area contributed by atoms with Crippen molar-refractivity contribution >= 4 is 29.6 Å². The molecule has 0 heterocycles. The monoisotopic (exact) mass is 488 g/mol. The van der Waals surface area contributed by atoms with E-state index < -0.39 is 59.9 Å². The van der Waals surface area contributed by atoms with Crippen LogP contribution in [0, 0.1) is 5.92 Å². The summed E-state index contributed by atoms with van der Waals surface area (Å²) in [6.07, 6.45) is -0.0852. The van der Waals surface area contributed by atoms with Gasteiger partial charge in [-0.05, 0) is 51.5 Å².